The minimum Gasteiger partial charge on any atom is -0.481 e. The monoisotopic (exact) mass is 878 g/mol. The van der Waals surface area contributed by atoms with Crippen molar-refractivity contribution in [3.63, 3.8) is 0 Å². The standard InChI is InChI=1S/C19H19N7O6.C9H15N5O.C8H12N4O4/c20-19-25-15-14(17(30)26-19)23-11(8-22-15)7-21-10-3-1-9(2-4-10)16(29)24-12(18(31)32)5-6-13(27)28;10-7-6-8(12-9(11)14(7)15)13-4-2-1-3-5-13;9-7-10-3-12(8(15)11-7)6-1-4(14)5(2-13)16-6/h1-4,8,12,21H,5-7H2,(H,24,29)(H,27,28)(H,31,32)(H3,20,22,25,26,30);6,11,15H,1-5,10H2;3-6,13-14H,1-2H2,(H2,9,11,15)/t12-;;4-,5+,6+/m0.0/s1. The molecule has 2 aliphatic heterocycles. The number of nitrogens with one attached hydrogen (secondary N) is 4. The van der Waals surface area contributed by atoms with Crippen molar-refractivity contribution in [1.82, 2.24) is 49.5 Å². The molecular weight excluding hydrogens is 832 g/mol. The highest BCUT2D eigenvalue weighted by atomic mass is 16.5. The first-order valence-electron chi connectivity index (χ1n) is 19.2. The van der Waals surface area contributed by atoms with E-state index in [1.165, 1.54) is 31.1 Å². The van der Waals surface area contributed by atoms with Gasteiger partial charge >= 0.3 is 17.6 Å². The van der Waals surface area contributed by atoms with Gasteiger partial charge in [-0.1, -0.05) is 0 Å². The zero-order valence-electron chi connectivity index (χ0n) is 33.4. The summed E-state index contributed by atoms with van der Waals surface area (Å²) in [7, 11) is 0. The lowest BCUT2D eigenvalue weighted by Gasteiger charge is -2.27. The highest BCUT2D eigenvalue weighted by molar-refractivity contribution is 5.97. The molecule has 6 heterocycles. The van der Waals surface area contributed by atoms with Gasteiger partial charge in [0.05, 0.1) is 31.1 Å². The normalized spacial score (nSPS) is 17.4. The number of H-pyrrole nitrogens is 1. The molecule has 0 spiro atoms. The summed E-state index contributed by atoms with van der Waals surface area (Å²) in [6.45, 7) is 1.82. The van der Waals surface area contributed by atoms with Crippen LogP contribution in [0.3, 0.4) is 0 Å². The molecule has 0 radical (unpaired) electrons. The van der Waals surface area contributed by atoms with E-state index in [1.807, 2.05) is 0 Å². The van der Waals surface area contributed by atoms with Crippen LogP contribution in [0.2, 0.25) is 0 Å². The number of carboxylic acid groups (broad SMARTS) is 2. The van der Waals surface area contributed by atoms with Crippen molar-refractivity contribution in [3.8, 4) is 0 Å². The number of rotatable bonds is 12. The largest absolute Gasteiger partial charge is 0.481 e. The number of aliphatic hydroxyl groups is 2. The van der Waals surface area contributed by atoms with Crippen molar-refractivity contribution in [3.05, 3.63) is 80.6 Å². The van der Waals surface area contributed by atoms with Crippen LogP contribution in [-0.2, 0) is 20.9 Å². The number of carbonyl (C=O) groups is 3. The van der Waals surface area contributed by atoms with Gasteiger partial charge in [-0.25, -0.2) is 24.5 Å². The van der Waals surface area contributed by atoms with Gasteiger partial charge in [-0.2, -0.15) is 15.0 Å². The molecule has 1 amide bonds. The number of ether oxygens (including phenoxy) is 1. The average Bonchev–Trinajstić information content (AvgIpc) is 3.63. The second-order valence-corrected chi connectivity index (χ2v) is 14.0. The van der Waals surface area contributed by atoms with Crippen LogP contribution in [0.4, 0.5) is 29.2 Å². The van der Waals surface area contributed by atoms with Gasteiger partial charge in [0.25, 0.3) is 17.1 Å². The third-order valence-corrected chi connectivity index (χ3v) is 9.42. The molecule has 0 aliphatic carbocycles. The minimum absolute atomic E-state index is 0.0524. The molecule has 7 rings (SSSR count). The maximum absolute atomic E-state index is 12.3. The van der Waals surface area contributed by atoms with Crippen LogP contribution < -0.4 is 49.6 Å². The molecule has 4 aromatic heterocycles. The Kier molecular flexibility index (Phi) is 15.5. The molecule has 0 saturated carbocycles. The number of aromatic nitrogens is 9. The van der Waals surface area contributed by atoms with Crippen molar-refractivity contribution >= 4 is 58.2 Å². The number of carbonyl (C=O) groups excluding carboxylic acids is 1. The van der Waals surface area contributed by atoms with Gasteiger partial charge in [0, 0.05) is 43.2 Å². The Morgan fingerprint density at radius 1 is 1.00 bits per heavy atom. The van der Waals surface area contributed by atoms with Crippen LogP contribution in [0.25, 0.3) is 11.2 Å². The molecule has 27 heteroatoms. The first kappa shape index (κ1) is 46.3. The van der Waals surface area contributed by atoms with E-state index >= 15 is 0 Å². The number of fused-ring (bicyclic) bond motifs is 1. The number of amides is 1. The second-order valence-electron chi connectivity index (χ2n) is 14.0. The summed E-state index contributed by atoms with van der Waals surface area (Å²) in [5.41, 5.74) is 16.4. The van der Waals surface area contributed by atoms with Gasteiger partial charge in [-0.3, -0.25) is 29.3 Å². The molecule has 2 saturated heterocycles. The van der Waals surface area contributed by atoms with Crippen LogP contribution in [0.5, 0.6) is 0 Å². The maximum atomic E-state index is 12.3. The summed E-state index contributed by atoms with van der Waals surface area (Å²) in [5, 5.41) is 58.3. The number of carboxylic acids is 2. The fourth-order valence-electron chi connectivity index (χ4n) is 6.15. The molecule has 5 aromatic rings. The molecule has 336 valence electrons. The van der Waals surface area contributed by atoms with Crippen molar-refractivity contribution in [2.75, 3.05) is 47.1 Å². The third kappa shape index (κ3) is 12.6. The summed E-state index contributed by atoms with van der Waals surface area (Å²) in [6, 6.07) is 6.46. The predicted octanol–water partition coefficient (Wildman–Crippen LogP) is -2.01. The number of anilines is 5. The molecule has 0 unspecified atom stereocenters. The lowest BCUT2D eigenvalue weighted by Crippen LogP contribution is -2.41. The van der Waals surface area contributed by atoms with E-state index in [9.17, 15) is 34.3 Å². The van der Waals surface area contributed by atoms with E-state index < -0.39 is 53.6 Å². The number of piperidine rings is 1. The Balaban J connectivity index is 0.000000200. The Morgan fingerprint density at radius 3 is 2.33 bits per heavy atom. The van der Waals surface area contributed by atoms with Crippen LogP contribution >= 0.6 is 0 Å². The predicted molar refractivity (Wildman–Crippen MR) is 220 cm³/mol. The number of hydrogen-bond donors (Lipinski definition) is 12. The van der Waals surface area contributed by atoms with E-state index in [2.05, 4.69) is 50.4 Å². The number of nitrogen functional groups attached to an aromatic ring is 3. The summed E-state index contributed by atoms with van der Waals surface area (Å²) in [6.07, 6.45) is 3.63. The Bertz CT molecular complexity index is 2580. The topological polar surface area (TPSA) is 428 Å². The van der Waals surface area contributed by atoms with Gasteiger partial charge in [0.15, 0.2) is 11.2 Å². The van der Waals surface area contributed by atoms with E-state index in [1.54, 1.807) is 18.2 Å². The molecule has 2 aliphatic rings. The second kappa shape index (κ2) is 21.1. The van der Waals surface area contributed by atoms with E-state index in [0.717, 1.165) is 30.5 Å². The Hall–Kier alpha value is -7.78. The van der Waals surface area contributed by atoms with Crippen molar-refractivity contribution in [2.45, 2.75) is 69.5 Å². The quantitative estimate of drug-likeness (QED) is 0.0602. The van der Waals surface area contributed by atoms with Crippen molar-refractivity contribution < 1.29 is 44.8 Å². The number of aliphatic carboxylic acids is 2. The van der Waals surface area contributed by atoms with Gasteiger partial charge in [-0.05, 0) is 49.9 Å². The zero-order valence-corrected chi connectivity index (χ0v) is 33.4. The number of benzene rings is 1. The fraction of sp³-hybridized carbons (Fsp3) is 0.389. The average molecular weight is 879 g/mol. The molecule has 0 bridgehead atoms. The third-order valence-electron chi connectivity index (χ3n) is 9.42. The van der Waals surface area contributed by atoms with Crippen LogP contribution in [0.15, 0.2) is 52.4 Å². The summed E-state index contributed by atoms with van der Waals surface area (Å²) in [5.74, 6) is -2.44. The van der Waals surface area contributed by atoms with Gasteiger partial charge in [0.1, 0.15) is 36.3 Å². The van der Waals surface area contributed by atoms with Gasteiger partial charge < -0.3 is 63.1 Å². The highest BCUT2D eigenvalue weighted by Crippen LogP contribution is 2.27. The molecule has 15 N–H and O–H groups in total. The minimum atomic E-state index is -1.31. The summed E-state index contributed by atoms with van der Waals surface area (Å²) < 4.78 is 6.98. The SMILES string of the molecule is N=c1nc(N2CCCCC2)cc(N)n1O.Nc1nc2ncc(CNc3ccc(C(=O)N[C@@H](CCC(=O)O)C(=O)O)cc3)nc2c(=O)[nH]1.Nc1ncn([C@H]2C[C@H](O)[C@@H](CO)O2)c(=O)n1. The molecule has 2 fully saturated rings. The summed E-state index contributed by atoms with van der Waals surface area (Å²) >= 11 is 0. The van der Waals surface area contributed by atoms with Crippen LogP contribution in [-0.4, -0.2) is 126 Å². The molecular formula is C36H46N16O11. The Morgan fingerprint density at radius 2 is 1.71 bits per heavy atom. The Labute approximate surface area is 354 Å². The highest BCUT2D eigenvalue weighted by Gasteiger charge is 2.35. The van der Waals surface area contributed by atoms with E-state index in [-0.39, 0.29) is 72.5 Å². The lowest BCUT2D eigenvalue weighted by molar-refractivity contribution is -0.140. The van der Waals surface area contributed by atoms with E-state index in [4.69, 9.17) is 42.7 Å². The number of nitrogens with zero attached hydrogens (tertiary/aromatic N) is 9. The fourth-order valence-corrected chi connectivity index (χ4v) is 6.15. The number of hydrogen-bond acceptors (Lipinski definition) is 21. The zero-order chi connectivity index (χ0) is 45.8. The number of aromatic amines is 1. The van der Waals surface area contributed by atoms with Crippen LogP contribution in [0, 0.1) is 5.41 Å². The number of nitrogens with two attached hydrogens (primary N) is 3. The molecule has 4 atom stereocenters. The smallest absolute Gasteiger partial charge is 0.354 e. The molecule has 1 aromatic carbocycles. The summed E-state index contributed by atoms with van der Waals surface area (Å²) in [4.78, 5) is 85.2. The van der Waals surface area contributed by atoms with Crippen molar-refractivity contribution in [1.29, 1.82) is 5.41 Å². The maximum Gasteiger partial charge on any atom is 0.354 e. The van der Waals surface area contributed by atoms with Gasteiger partial charge in [0.2, 0.25) is 11.9 Å². The first-order valence-corrected chi connectivity index (χ1v) is 19.2. The van der Waals surface area contributed by atoms with Crippen molar-refractivity contribution in [2.24, 2.45) is 0 Å². The van der Waals surface area contributed by atoms with Gasteiger partial charge in [-0.15, -0.1) is 4.73 Å². The molecule has 27 nitrogen and oxygen atoms in total. The molecule has 63 heavy (non-hydrogen) atoms. The van der Waals surface area contributed by atoms with E-state index in [0.29, 0.717) is 21.9 Å². The number of aliphatic hydroxyl groups excluding tert-OH is 2. The van der Waals surface area contributed by atoms with Crippen LogP contribution in [0.1, 0.15) is 60.8 Å². The first-order chi connectivity index (χ1) is 30.0. The lowest BCUT2D eigenvalue weighted by atomic mass is 10.1.